The van der Waals surface area contributed by atoms with Crippen molar-refractivity contribution in [1.82, 2.24) is 4.90 Å². The molecule has 2 aromatic rings. The van der Waals surface area contributed by atoms with Gasteiger partial charge in [0.1, 0.15) is 5.00 Å². The van der Waals surface area contributed by atoms with Crippen LogP contribution in [0.2, 0.25) is 0 Å². The Morgan fingerprint density at radius 2 is 1.73 bits per heavy atom. The van der Waals surface area contributed by atoms with Crippen LogP contribution in [0.4, 0.5) is 9.80 Å². The lowest BCUT2D eigenvalue weighted by Crippen LogP contribution is -2.35. The first-order valence-electron chi connectivity index (χ1n) is 10.1. The largest absolute Gasteiger partial charge is 0.493 e. The summed E-state index contributed by atoms with van der Waals surface area (Å²) in [6.07, 6.45) is -0.00970. The Morgan fingerprint density at radius 1 is 1.06 bits per heavy atom. The predicted molar refractivity (Wildman–Crippen MR) is 121 cm³/mol. The Bertz CT molecular complexity index is 1040. The molecule has 0 saturated heterocycles. The summed E-state index contributed by atoms with van der Waals surface area (Å²) >= 11 is 1.23. The fourth-order valence-electron chi connectivity index (χ4n) is 3.58. The summed E-state index contributed by atoms with van der Waals surface area (Å²) in [5, 5.41) is 3.16. The molecule has 0 fully saturated rings. The van der Waals surface area contributed by atoms with E-state index >= 15 is 0 Å². The highest BCUT2D eigenvalue weighted by molar-refractivity contribution is 7.17. The maximum atomic E-state index is 13.1. The first-order valence-corrected chi connectivity index (χ1v) is 11.0. The number of hydrogen-bond donors (Lipinski definition) is 1. The minimum Gasteiger partial charge on any atom is -0.493 e. The highest BCUT2D eigenvalue weighted by atomic mass is 32.1. The molecular weight excluding hydrogens is 452 g/mol. The van der Waals surface area contributed by atoms with Gasteiger partial charge in [0.05, 0.1) is 47.2 Å². The summed E-state index contributed by atoms with van der Waals surface area (Å²) in [6, 6.07) is 3.04. The highest BCUT2D eigenvalue weighted by Gasteiger charge is 2.31. The third-order valence-corrected chi connectivity index (χ3v) is 6.26. The Morgan fingerprint density at radius 3 is 2.27 bits per heavy atom. The molecule has 2 amide bonds. The minimum atomic E-state index is -0.526. The van der Waals surface area contributed by atoms with Crippen molar-refractivity contribution in [1.29, 1.82) is 0 Å². The Labute approximate surface area is 195 Å². The van der Waals surface area contributed by atoms with E-state index in [1.165, 1.54) is 51.9 Å². The van der Waals surface area contributed by atoms with Crippen LogP contribution in [0.25, 0.3) is 0 Å². The SMILES string of the molecule is CCOC(=O)c1c(NC(=O)c2cc(OC)c(OC)c(OC)c2)sc2c1CCN(C(=O)OC)C2. The molecular formula is C22H26N2O8S. The van der Waals surface area contributed by atoms with Crippen LogP contribution in [0, 0.1) is 0 Å². The molecule has 10 nitrogen and oxygen atoms in total. The first-order chi connectivity index (χ1) is 15.9. The number of carbonyl (C=O) groups excluding carboxylic acids is 3. The lowest BCUT2D eigenvalue weighted by molar-refractivity contribution is 0.0526. The summed E-state index contributed by atoms with van der Waals surface area (Å²) in [5.74, 6) is 0.0156. The van der Waals surface area contributed by atoms with E-state index in [1.54, 1.807) is 11.8 Å². The number of thiophene rings is 1. The van der Waals surface area contributed by atoms with Crippen molar-refractivity contribution in [2.75, 3.05) is 46.9 Å². The number of benzene rings is 1. The zero-order chi connectivity index (χ0) is 24.1. The Balaban J connectivity index is 1.98. The van der Waals surface area contributed by atoms with Gasteiger partial charge >= 0.3 is 12.1 Å². The summed E-state index contributed by atoms with van der Waals surface area (Å²) < 4.78 is 26.0. The molecule has 3 rings (SSSR count). The third-order valence-electron chi connectivity index (χ3n) is 5.12. The van der Waals surface area contributed by atoms with Gasteiger partial charge in [0.15, 0.2) is 11.5 Å². The van der Waals surface area contributed by atoms with Gasteiger partial charge < -0.3 is 33.9 Å². The molecule has 1 aliphatic heterocycles. The van der Waals surface area contributed by atoms with Crippen LogP contribution in [-0.2, 0) is 22.4 Å². The number of methoxy groups -OCH3 is 4. The normalized spacial score (nSPS) is 12.5. The second-order valence-corrected chi connectivity index (χ2v) is 8.04. The number of carbonyl (C=O) groups is 3. The van der Waals surface area contributed by atoms with Crippen LogP contribution < -0.4 is 19.5 Å². The molecule has 0 bridgehead atoms. The van der Waals surface area contributed by atoms with Crippen LogP contribution in [0.1, 0.15) is 38.1 Å². The van der Waals surface area contributed by atoms with Gasteiger partial charge in [-0.1, -0.05) is 0 Å². The molecule has 0 atom stereocenters. The van der Waals surface area contributed by atoms with E-state index in [1.807, 2.05) is 0 Å². The van der Waals surface area contributed by atoms with E-state index in [4.69, 9.17) is 23.7 Å². The van der Waals surface area contributed by atoms with Crippen LogP contribution in [0.15, 0.2) is 12.1 Å². The molecule has 0 saturated carbocycles. The van der Waals surface area contributed by atoms with Gasteiger partial charge in [0.2, 0.25) is 5.75 Å². The smallest absolute Gasteiger partial charge is 0.409 e. The molecule has 0 aliphatic carbocycles. The number of nitrogens with zero attached hydrogens (tertiary/aromatic N) is 1. The fourth-order valence-corrected chi connectivity index (χ4v) is 4.83. The van der Waals surface area contributed by atoms with Crippen LogP contribution in [0.5, 0.6) is 17.2 Å². The molecule has 1 aromatic carbocycles. The molecule has 178 valence electrons. The van der Waals surface area contributed by atoms with Crippen molar-refractivity contribution in [2.45, 2.75) is 19.9 Å². The third kappa shape index (κ3) is 4.82. The van der Waals surface area contributed by atoms with E-state index in [0.29, 0.717) is 40.8 Å². The van der Waals surface area contributed by atoms with E-state index in [0.717, 1.165) is 10.4 Å². The molecule has 1 aliphatic rings. The number of nitrogens with one attached hydrogen (secondary N) is 1. The van der Waals surface area contributed by atoms with E-state index in [-0.39, 0.29) is 18.7 Å². The molecule has 0 radical (unpaired) electrons. The van der Waals surface area contributed by atoms with Gasteiger partial charge in [0, 0.05) is 17.0 Å². The van der Waals surface area contributed by atoms with Crippen molar-refractivity contribution in [3.63, 3.8) is 0 Å². The zero-order valence-corrected chi connectivity index (χ0v) is 19.9. The highest BCUT2D eigenvalue weighted by Crippen LogP contribution is 2.40. The van der Waals surface area contributed by atoms with E-state index in [9.17, 15) is 14.4 Å². The van der Waals surface area contributed by atoms with Gasteiger partial charge in [-0.25, -0.2) is 9.59 Å². The summed E-state index contributed by atoms with van der Waals surface area (Å²) in [6.45, 7) is 2.57. The van der Waals surface area contributed by atoms with Crippen molar-refractivity contribution >= 4 is 34.3 Å². The molecule has 0 unspecified atom stereocenters. The molecule has 11 heteroatoms. The van der Waals surface area contributed by atoms with Gasteiger partial charge in [-0.2, -0.15) is 0 Å². The van der Waals surface area contributed by atoms with Crippen molar-refractivity contribution < 1.29 is 38.1 Å². The second kappa shape index (κ2) is 10.4. The average Bonchev–Trinajstić information content (AvgIpc) is 3.19. The van der Waals surface area contributed by atoms with Crippen LogP contribution >= 0.6 is 11.3 Å². The zero-order valence-electron chi connectivity index (χ0n) is 19.1. The molecule has 1 aromatic heterocycles. The standard InChI is InChI=1S/C22H26N2O8S/c1-6-32-21(26)17-13-7-8-24(22(27)31-5)11-16(13)33-20(17)23-19(25)12-9-14(28-2)18(30-4)15(10-12)29-3/h9-10H,6-8,11H2,1-5H3,(H,23,25). The summed E-state index contributed by atoms with van der Waals surface area (Å²) in [4.78, 5) is 40.1. The lowest BCUT2D eigenvalue weighted by atomic mass is 10.0. The molecule has 1 N–H and O–H groups in total. The van der Waals surface area contributed by atoms with Gasteiger partial charge in [-0.3, -0.25) is 4.79 Å². The minimum absolute atomic E-state index is 0.192. The maximum Gasteiger partial charge on any atom is 0.409 e. The Hall–Kier alpha value is -3.47. The lowest BCUT2D eigenvalue weighted by Gasteiger charge is -2.25. The number of rotatable bonds is 7. The van der Waals surface area contributed by atoms with Gasteiger partial charge in [0.25, 0.3) is 5.91 Å². The van der Waals surface area contributed by atoms with Crippen molar-refractivity contribution in [3.05, 3.63) is 33.7 Å². The summed E-state index contributed by atoms with van der Waals surface area (Å²) in [7, 11) is 5.70. The van der Waals surface area contributed by atoms with Gasteiger partial charge in [-0.05, 0) is 31.0 Å². The number of amides is 2. The number of anilines is 1. The molecule has 33 heavy (non-hydrogen) atoms. The Kier molecular flexibility index (Phi) is 7.64. The predicted octanol–water partition coefficient (Wildman–Crippen LogP) is 3.33. The fraction of sp³-hybridized carbons (Fsp3) is 0.409. The number of ether oxygens (including phenoxy) is 5. The van der Waals surface area contributed by atoms with Gasteiger partial charge in [-0.15, -0.1) is 11.3 Å². The monoisotopic (exact) mass is 478 g/mol. The quantitative estimate of drug-likeness (QED) is 0.603. The van der Waals surface area contributed by atoms with Crippen LogP contribution in [-0.4, -0.2) is 64.5 Å². The van der Waals surface area contributed by atoms with E-state index < -0.39 is 18.0 Å². The number of esters is 1. The maximum absolute atomic E-state index is 13.1. The van der Waals surface area contributed by atoms with Crippen LogP contribution in [0.3, 0.4) is 0 Å². The first kappa shape index (κ1) is 24.2. The second-order valence-electron chi connectivity index (χ2n) is 6.94. The number of fused-ring (bicyclic) bond motifs is 1. The van der Waals surface area contributed by atoms with Crippen molar-refractivity contribution in [3.8, 4) is 17.2 Å². The molecule has 0 spiro atoms. The average molecular weight is 479 g/mol. The topological polar surface area (TPSA) is 113 Å². The molecule has 2 heterocycles. The number of hydrogen-bond acceptors (Lipinski definition) is 9. The van der Waals surface area contributed by atoms with Crippen molar-refractivity contribution in [2.24, 2.45) is 0 Å². The summed E-state index contributed by atoms with van der Waals surface area (Å²) in [5.41, 5.74) is 1.32. The van der Waals surface area contributed by atoms with E-state index in [2.05, 4.69) is 5.32 Å².